The SMILES string of the molecule is C=CC/C=C\CCC=N/C=C\C. The van der Waals surface area contributed by atoms with E-state index in [1.54, 1.807) is 6.20 Å². The number of allylic oxidation sites excluding steroid dienone is 4. The maximum Gasteiger partial charge on any atom is 0.0221 e. The van der Waals surface area contributed by atoms with Gasteiger partial charge in [-0.15, -0.1) is 6.58 Å². The van der Waals surface area contributed by atoms with E-state index >= 15 is 0 Å². The predicted octanol–water partition coefficient (Wildman–Crippen LogP) is 3.50. The monoisotopic (exact) mass is 163 g/mol. The third-order valence-electron chi connectivity index (χ3n) is 1.27. The smallest absolute Gasteiger partial charge is 0.0221 e. The van der Waals surface area contributed by atoms with Crippen molar-refractivity contribution in [2.75, 3.05) is 0 Å². The number of hydrogen-bond acceptors (Lipinski definition) is 1. The van der Waals surface area contributed by atoms with Crippen molar-refractivity contribution in [1.82, 2.24) is 0 Å². The summed E-state index contributed by atoms with van der Waals surface area (Å²) in [4.78, 5) is 4.05. The molecule has 0 saturated carbocycles. The highest BCUT2D eigenvalue weighted by Gasteiger charge is 1.75. The van der Waals surface area contributed by atoms with E-state index in [1.807, 2.05) is 25.3 Å². The molecule has 0 saturated heterocycles. The maximum absolute atomic E-state index is 4.05. The zero-order chi connectivity index (χ0) is 9.07. The molecule has 0 bridgehead atoms. The Hall–Kier alpha value is -1.11. The number of hydrogen-bond donors (Lipinski definition) is 0. The number of aliphatic imine (C=N–C) groups is 1. The summed E-state index contributed by atoms with van der Waals surface area (Å²) in [6.45, 7) is 5.59. The Balaban J connectivity index is 3.25. The lowest BCUT2D eigenvalue weighted by Crippen LogP contribution is -1.71. The summed E-state index contributed by atoms with van der Waals surface area (Å²) in [6.07, 6.45) is 14.9. The molecule has 0 fully saturated rings. The second-order valence-electron chi connectivity index (χ2n) is 2.39. The molecule has 0 spiro atoms. The van der Waals surface area contributed by atoms with Crippen LogP contribution in [0.5, 0.6) is 0 Å². The largest absolute Gasteiger partial charge is 0.269 e. The van der Waals surface area contributed by atoms with Crippen molar-refractivity contribution in [3.05, 3.63) is 37.1 Å². The Labute approximate surface area is 75.2 Å². The highest BCUT2D eigenvalue weighted by atomic mass is 14.7. The van der Waals surface area contributed by atoms with Crippen molar-refractivity contribution in [2.24, 2.45) is 4.99 Å². The van der Waals surface area contributed by atoms with Gasteiger partial charge in [-0.1, -0.05) is 24.3 Å². The fraction of sp³-hybridized carbons (Fsp3) is 0.364. The van der Waals surface area contributed by atoms with Gasteiger partial charge in [0, 0.05) is 12.4 Å². The molecule has 12 heavy (non-hydrogen) atoms. The molecule has 0 amide bonds. The third kappa shape index (κ3) is 8.89. The average molecular weight is 163 g/mol. The molecule has 0 radical (unpaired) electrons. The summed E-state index contributed by atoms with van der Waals surface area (Å²) < 4.78 is 0. The van der Waals surface area contributed by atoms with Crippen molar-refractivity contribution in [2.45, 2.75) is 26.2 Å². The first kappa shape index (κ1) is 10.9. The third-order valence-corrected chi connectivity index (χ3v) is 1.27. The summed E-state index contributed by atoms with van der Waals surface area (Å²) in [5.41, 5.74) is 0. The number of rotatable bonds is 6. The Morgan fingerprint density at radius 2 is 2.08 bits per heavy atom. The first-order valence-electron chi connectivity index (χ1n) is 4.30. The van der Waals surface area contributed by atoms with Crippen LogP contribution in [0, 0.1) is 0 Å². The predicted molar refractivity (Wildman–Crippen MR) is 56.5 cm³/mol. The van der Waals surface area contributed by atoms with Gasteiger partial charge in [0.2, 0.25) is 0 Å². The van der Waals surface area contributed by atoms with Crippen molar-refractivity contribution < 1.29 is 0 Å². The summed E-state index contributed by atoms with van der Waals surface area (Å²) in [6, 6.07) is 0. The van der Waals surface area contributed by atoms with Gasteiger partial charge < -0.3 is 0 Å². The summed E-state index contributed by atoms with van der Waals surface area (Å²) in [7, 11) is 0. The first-order chi connectivity index (χ1) is 5.91. The molecule has 1 heteroatoms. The minimum Gasteiger partial charge on any atom is -0.269 e. The van der Waals surface area contributed by atoms with E-state index in [2.05, 4.69) is 23.7 Å². The molecule has 0 aromatic heterocycles. The Bertz CT molecular complexity index is 175. The van der Waals surface area contributed by atoms with Crippen molar-refractivity contribution in [3.63, 3.8) is 0 Å². The summed E-state index contributed by atoms with van der Waals surface area (Å²) in [5, 5.41) is 0. The van der Waals surface area contributed by atoms with E-state index < -0.39 is 0 Å². The molecule has 0 heterocycles. The first-order valence-corrected chi connectivity index (χ1v) is 4.30. The second-order valence-corrected chi connectivity index (χ2v) is 2.39. The molecule has 0 N–H and O–H groups in total. The van der Waals surface area contributed by atoms with E-state index in [1.165, 1.54) is 0 Å². The zero-order valence-corrected chi connectivity index (χ0v) is 7.74. The van der Waals surface area contributed by atoms with E-state index in [-0.39, 0.29) is 0 Å². The molecule has 0 aromatic carbocycles. The molecule has 0 unspecified atom stereocenters. The van der Waals surface area contributed by atoms with Crippen LogP contribution >= 0.6 is 0 Å². The standard InChI is InChI=1S/C11H17N/c1-3-5-6-7-8-9-11-12-10-4-2/h3-4,6-7,10-11H,1,5,8-9H2,2H3/b7-6-,10-4-,12-11?. The molecule has 66 valence electrons. The second kappa shape index (κ2) is 9.89. The molecular weight excluding hydrogens is 146 g/mol. The van der Waals surface area contributed by atoms with Gasteiger partial charge in [0.05, 0.1) is 0 Å². The lowest BCUT2D eigenvalue weighted by molar-refractivity contribution is 1.10. The molecule has 0 atom stereocenters. The van der Waals surface area contributed by atoms with Gasteiger partial charge in [-0.25, -0.2) is 0 Å². The topological polar surface area (TPSA) is 12.4 Å². The Morgan fingerprint density at radius 1 is 1.25 bits per heavy atom. The lowest BCUT2D eigenvalue weighted by atomic mass is 10.3. The van der Waals surface area contributed by atoms with Crippen LogP contribution in [0.25, 0.3) is 0 Å². The van der Waals surface area contributed by atoms with Gasteiger partial charge in [0.15, 0.2) is 0 Å². The molecule has 0 aliphatic rings. The highest BCUT2D eigenvalue weighted by Crippen LogP contribution is 1.91. The number of nitrogens with zero attached hydrogens (tertiary/aromatic N) is 1. The van der Waals surface area contributed by atoms with Crippen LogP contribution in [0.15, 0.2) is 42.1 Å². The van der Waals surface area contributed by atoms with Gasteiger partial charge in [0.1, 0.15) is 0 Å². The summed E-state index contributed by atoms with van der Waals surface area (Å²) in [5.74, 6) is 0. The molecule has 0 aliphatic heterocycles. The van der Waals surface area contributed by atoms with Crippen LogP contribution in [0.4, 0.5) is 0 Å². The number of unbranched alkanes of at least 4 members (excludes halogenated alkanes) is 1. The highest BCUT2D eigenvalue weighted by molar-refractivity contribution is 5.58. The van der Waals surface area contributed by atoms with Crippen LogP contribution in [-0.4, -0.2) is 6.21 Å². The molecule has 0 aromatic rings. The summed E-state index contributed by atoms with van der Waals surface area (Å²) >= 11 is 0. The Kier molecular flexibility index (Phi) is 8.98. The molecule has 0 rings (SSSR count). The normalized spacial score (nSPS) is 12.1. The van der Waals surface area contributed by atoms with Gasteiger partial charge >= 0.3 is 0 Å². The van der Waals surface area contributed by atoms with E-state index in [0.717, 1.165) is 19.3 Å². The minimum absolute atomic E-state index is 0.964. The average Bonchev–Trinajstić information content (AvgIpc) is 2.10. The van der Waals surface area contributed by atoms with Crippen molar-refractivity contribution in [3.8, 4) is 0 Å². The van der Waals surface area contributed by atoms with Crippen molar-refractivity contribution >= 4 is 6.21 Å². The fourth-order valence-corrected chi connectivity index (χ4v) is 0.703. The van der Waals surface area contributed by atoms with E-state index in [0.29, 0.717) is 0 Å². The fourth-order valence-electron chi connectivity index (χ4n) is 0.703. The van der Waals surface area contributed by atoms with Gasteiger partial charge in [-0.2, -0.15) is 0 Å². The molecule has 1 nitrogen and oxygen atoms in total. The maximum atomic E-state index is 4.05. The van der Waals surface area contributed by atoms with Crippen LogP contribution in [0.3, 0.4) is 0 Å². The van der Waals surface area contributed by atoms with E-state index in [9.17, 15) is 0 Å². The van der Waals surface area contributed by atoms with Crippen molar-refractivity contribution in [1.29, 1.82) is 0 Å². The van der Waals surface area contributed by atoms with Gasteiger partial charge in [-0.3, -0.25) is 4.99 Å². The lowest BCUT2D eigenvalue weighted by Gasteiger charge is -1.84. The van der Waals surface area contributed by atoms with Gasteiger partial charge in [0.25, 0.3) is 0 Å². The van der Waals surface area contributed by atoms with Crippen LogP contribution in [-0.2, 0) is 0 Å². The quantitative estimate of drug-likeness (QED) is 0.323. The van der Waals surface area contributed by atoms with Crippen LogP contribution < -0.4 is 0 Å². The minimum atomic E-state index is 0.964. The zero-order valence-electron chi connectivity index (χ0n) is 7.74. The molecular formula is C11H17N. The molecule has 0 aliphatic carbocycles. The Morgan fingerprint density at radius 3 is 2.75 bits per heavy atom. The van der Waals surface area contributed by atoms with Crippen LogP contribution in [0.2, 0.25) is 0 Å². The van der Waals surface area contributed by atoms with E-state index in [4.69, 9.17) is 0 Å². The van der Waals surface area contributed by atoms with Gasteiger partial charge in [-0.05, 0) is 26.2 Å². The van der Waals surface area contributed by atoms with Crippen LogP contribution in [0.1, 0.15) is 26.2 Å².